The van der Waals surface area contributed by atoms with E-state index in [2.05, 4.69) is 6.92 Å². The van der Waals surface area contributed by atoms with Crippen molar-refractivity contribution in [2.75, 3.05) is 6.61 Å². The molecule has 0 aliphatic rings. The Hall–Kier alpha value is -1.43. The van der Waals surface area contributed by atoms with Crippen molar-refractivity contribution < 1.29 is 24.5 Å². The standard InChI is InChI=1S/C34H60O5/c1-2-3-4-5-6-7-8-9-10-11-12-13-14-15-16-17-18-19-20-21-25-28-33(36)39-34(37)32(35)30-38-29-31-26-23-22-24-27-31/h22-24,26-27,32,34-35,37H,2-21,25,28-30H2,1H3. The molecule has 0 aliphatic carbocycles. The van der Waals surface area contributed by atoms with Gasteiger partial charge in [-0.15, -0.1) is 0 Å². The van der Waals surface area contributed by atoms with E-state index in [9.17, 15) is 15.0 Å². The lowest BCUT2D eigenvalue weighted by Crippen LogP contribution is -2.34. The molecule has 1 aromatic carbocycles. The smallest absolute Gasteiger partial charge is 0.308 e. The number of carbonyl (C=O) groups is 1. The third-order valence-corrected chi connectivity index (χ3v) is 7.47. The van der Waals surface area contributed by atoms with Crippen LogP contribution in [-0.2, 0) is 20.9 Å². The van der Waals surface area contributed by atoms with Gasteiger partial charge in [0.2, 0.25) is 6.29 Å². The molecule has 0 saturated carbocycles. The number of hydrogen-bond donors (Lipinski definition) is 2. The summed E-state index contributed by atoms with van der Waals surface area (Å²) < 4.78 is 10.3. The highest BCUT2D eigenvalue weighted by atomic mass is 16.6. The molecule has 0 radical (unpaired) electrons. The van der Waals surface area contributed by atoms with Crippen molar-refractivity contribution >= 4 is 5.97 Å². The van der Waals surface area contributed by atoms with Crippen LogP contribution in [0.4, 0.5) is 0 Å². The van der Waals surface area contributed by atoms with Gasteiger partial charge in [-0.3, -0.25) is 4.79 Å². The third kappa shape index (κ3) is 23.0. The topological polar surface area (TPSA) is 76.0 Å². The Labute approximate surface area is 240 Å². The predicted octanol–water partition coefficient (Wildman–Crippen LogP) is 9.03. The molecule has 0 saturated heterocycles. The van der Waals surface area contributed by atoms with Gasteiger partial charge in [0.05, 0.1) is 13.2 Å². The molecule has 5 nitrogen and oxygen atoms in total. The summed E-state index contributed by atoms with van der Waals surface area (Å²) in [4.78, 5) is 11.9. The van der Waals surface area contributed by atoms with Crippen LogP contribution in [0.1, 0.15) is 154 Å². The fourth-order valence-electron chi connectivity index (χ4n) is 4.93. The average Bonchev–Trinajstić information content (AvgIpc) is 2.94. The average molecular weight is 549 g/mol. The second kappa shape index (κ2) is 26.8. The van der Waals surface area contributed by atoms with Crippen molar-refractivity contribution in [1.82, 2.24) is 0 Å². The summed E-state index contributed by atoms with van der Waals surface area (Å²) in [6.07, 6.45) is 25.3. The van der Waals surface area contributed by atoms with Crippen LogP contribution in [0.25, 0.3) is 0 Å². The first-order chi connectivity index (χ1) is 19.1. The van der Waals surface area contributed by atoms with Crippen LogP contribution in [0.5, 0.6) is 0 Å². The van der Waals surface area contributed by atoms with E-state index in [4.69, 9.17) is 9.47 Å². The van der Waals surface area contributed by atoms with Crippen LogP contribution in [0.15, 0.2) is 30.3 Å². The van der Waals surface area contributed by atoms with Crippen molar-refractivity contribution in [2.24, 2.45) is 0 Å². The lowest BCUT2D eigenvalue weighted by Gasteiger charge is -2.18. The number of benzene rings is 1. The predicted molar refractivity (Wildman–Crippen MR) is 161 cm³/mol. The molecule has 2 unspecified atom stereocenters. The van der Waals surface area contributed by atoms with Gasteiger partial charge in [-0.2, -0.15) is 0 Å². The summed E-state index contributed by atoms with van der Waals surface area (Å²) >= 11 is 0. The first kappa shape index (κ1) is 35.6. The Kier molecular flexibility index (Phi) is 24.4. The second-order valence-corrected chi connectivity index (χ2v) is 11.3. The van der Waals surface area contributed by atoms with E-state index in [-0.39, 0.29) is 13.0 Å². The SMILES string of the molecule is CCCCCCCCCCCCCCCCCCCCCCCC(=O)OC(O)C(O)COCc1ccccc1. The lowest BCUT2D eigenvalue weighted by molar-refractivity contribution is -0.193. The van der Waals surface area contributed by atoms with Crippen molar-refractivity contribution in [3.63, 3.8) is 0 Å². The molecule has 0 spiro atoms. The molecule has 0 aromatic heterocycles. The zero-order valence-electron chi connectivity index (χ0n) is 25.1. The number of aliphatic hydroxyl groups excluding tert-OH is 2. The van der Waals surface area contributed by atoms with Crippen molar-refractivity contribution in [2.45, 2.75) is 167 Å². The molecule has 39 heavy (non-hydrogen) atoms. The van der Waals surface area contributed by atoms with E-state index in [1.54, 1.807) is 0 Å². The maximum atomic E-state index is 11.9. The molecule has 0 bridgehead atoms. The van der Waals surface area contributed by atoms with Crippen LogP contribution in [0.3, 0.4) is 0 Å². The molecule has 0 heterocycles. The number of aliphatic hydroxyl groups is 2. The van der Waals surface area contributed by atoms with E-state index in [1.165, 1.54) is 116 Å². The molecule has 2 atom stereocenters. The third-order valence-electron chi connectivity index (χ3n) is 7.47. The fourth-order valence-corrected chi connectivity index (χ4v) is 4.93. The highest BCUT2D eigenvalue weighted by Gasteiger charge is 2.20. The first-order valence-electron chi connectivity index (χ1n) is 16.3. The molecule has 0 fully saturated rings. The van der Waals surface area contributed by atoms with Crippen LogP contribution in [0, 0.1) is 0 Å². The van der Waals surface area contributed by atoms with Gasteiger partial charge in [0, 0.05) is 6.42 Å². The molecule has 1 rings (SSSR count). The minimum absolute atomic E-state index is 0.0945. The second-order valence-electron chi connectivity index (χ2n) is 11.3. The molecule has 0 aliphatic heterocycles. The van der Waals surface area contributed by atoms with Gasteiger partial charge < -0.3 is 19.7 Å². The Bertz CT molecular complexity index is 650. The van der Waals surface area contributed by atoms with E-state index >= 15 is 0 Å². The summed E-state index contributed by atoms with van der Waals surface area (Å²) in [5.74, 6) is -0.470. The number of unbranched alkanes of at least 4 members (excludes halogenated alkanes) is 20. The van der Waals surface area contributed by atoms with Gasteiger partial charge in [-0.05, 0) is 12.0 Å². The molecule has 2 N–H and O–H groups in total. The highest BCUT2D eigenvalue weighted by Crippen LogP contribution is 2.15. The lowest BCUT2D eigenvalue weighted by atomic mass is 10.0. The van der Waals surface area contributed by atoms with Crippen LogP contribution in [-0.4, -0.2) is 35.2 Å². The summed E-state index contributed by atoms with van der Waals surface area (Å²) in [7, 11) is 0. The quantitative estimate of drug-likeness (QED) is 0.0620. The van der Waals surface area contributed by atoms with E-state index in [0.29, 0.717) is 6.61 Å². The molecule has 226 valence electrons. The maximum Gasteiger partial charge on any atom is 0.308 e. The van der Waals surface area contributed by atoms with Crippen LogP contribution >= 0.6 is 0 Å². The Balaban J connectivity index is 1.79. The number of esters is 1. The fraction of sp³-hybridized carbons (Fsp3) is 0.794. The number of hydrogen-bond acceptors (Lipinski definition) is 5. The summed E-state index contributed by atoms with van der Waals surface area (Å²) in [6, 6.07) is 9.58. The zero-order chi connectivity index (χ0) is 28.2. The Morgan fingerprint density at radius 1 is 0.641 bits per heavy atom. The van der Waals surface area contributed by atoms with Crippen LogP contribution < -0.4 is 0 Å². The highest BCUT2D eigenvalue weighted by molar-refractivity contribution is 5.69. The van der Waals surface area contributed by atoms with E-state index in [0.717, 1.165) is 24.8 Å². The van der Waals surface area contributed by atoms with E-state index < -0.39 is 18.4 Å². The van der Waals surface area contributed by atoms with Crippen LogP contribution in [0.2, 0.25) is 0 Å². The number of rotatable bonds is 28. The molecular formula is C34H60O5. The Morgan fingerprint density at radius 3 is 1.49 bits per heavy atom. The number of carbonyl (C=O) groups excluding carboxylic acids is 1. The largest absolute Gasteiger partial charge is 0.433 e. The van der Waals surface area contributed by atoms with Gasteiger partial charge in [-0.25, -0.2) is 0 Å². The Morgan fingerprint density at radius 2 is 1.05 bits per heavy atom. The normalized spacial score (nSPS) is 12.9. The van der Waals surface area contributed by atoms with Gasteiger partial charge in [0.1, 0.15) is 6.10 Å². The molecule has 5 heteroatoms. The monoisotopic (exact) mass is 548 g/mol. The summed E-state index contributed by atoms with van der Waals surface area (Å²) in [5, 5.41) is 19.8. The summed E-state index contributed by atoms with van der Waals surface area (Å²) in [5.41, 5.74) is 0.978. The molecular weight excluding hydrogens is 488 g/mol. The zero-order valence-corrected chi connectivity index (χ0v) is 25.1. The van der Waals surface area contributed by atoms with E-state index in [1.807, 2.05) is 30.3 Å². The maximum absolute atomic E-state index is 11.9. The molecule has 1 aromatic rings. The van der Waals surface area contributed by atoms with Crippen molar-refractivity contribution in [3.05, 3.63) is 35.9 Å². The van der Waals surface area contributed by atoms with Gasteiger partial charge in [0.15, 0.2) is 0 Å². The van der Waals surface area contributed by atoms with Crippen molar-refractivity contribution in [3.8, 4) is 0 Å². The minimum atomic E-state index is -1.55. The van der Waals surface area contributed by atoms with Gasteiger partial charge in [-0.1, -0.05) is 166 Å². The first-order valence-corrected chi connectivity index (χ1v) is 16.3. The number of ether oxygens (including phenoxy) is 2. The summed E-state index contributed by atoms with van der Waals surface area (Å²) in [6.45, 7) is 2.52. The minimum Gasteiger partial charge on any atom is -0.433 e. The van der Waals surface area contributed by atoms with Gasteiger partial charge in [0.25, 0.3) is 0 Å². The molecule has 0 amide bonds. The van der Waals surface area contributed by atoms with Gasteiger partial charge >= 0.3 is 5.97 Å². The van der Waals surface area contributed by atoms with Crippen molar-refractivity contribution in [1.29, 1.82) is 0 Å².